The summed E-state index contributed by atoms with van der Waals surface area (Å²) in [5.41, 5.74) is 3.20. The fourth-order valence-corrected chi connectivity index (χ4v) is 4.76. The van der Waals surface area contributed by atoms with Crippen molar-refractivity contribution < 1.29 is 18.7 Å². The molecule has 9 heteroatoms. The quantitative estimate of drug-likeness (QED) is 0.487. The Morgan fingerprint density at radius 1 is 1.26 bits per heavy atom. The molecule has 2 aliphatic heterocycles. The lowest BCUT2D eigenvalue weighted by Gasteiger charge is -2.39. The lowest BCUT2D eigenvalue weighted by molar-refractivity contribution is -0.119. The number of rotatable bonds is 5. The maximum atomic E-state index is 11.4. The Balaban J connectivity index is 1.31. The van der Waals surface area contributed by atoms with Crippen molar-refractivity contribution in [3.05, 3.63) is 42.6 Å². The van der Waals surface area contributed by atoms with Crippen LogP contribution in [0.15, 0.2) is 47.0 Å². The summed E-state index contributed by atoms with van der Waals surface area (Å²) >= 11 is 0. The van der Waals surface area contributed by atoms with E-state index in [1.54, 1.807) is 16.8 Å². The lowest BCUT2D eigenvalue weighted by atomic mass is 10.1. The van der Waals surface area contributed by atoms with E-state index in [9.17, 15) is 4.79 Å². The second kappa shape index (κ2) is 8.02. The van der Waals surface area contributed by atoms with Gasteiger partial charge in [0.1, 0.15) is 17.9 Å². The molecule has 4 aromatic rings. The highest BCUT2D eigenvalue weighted by atomic mass is 16.5. The van der Waals surface area contributed by atoms with Gasteiger partial charge in [-0.05, 0) is 44.5 Å². The van der Waals surface area contributed by atoms with Gasteiger partial charge >= 0.3 is 0 Å². The first kappa shape index (κ1) is 21.0. The number of carbonyl (C=O) groups excluding carboxylic acids is 1. The SMILES string of the molecule is CC1(C)CN(c2cccc3oc(-c4cnc5ccc(OC[C@H]6CCC(=O)N6)nn45)cc23)CCO1. The average molecular weight is 462 g/mol. The molecule has 9 nitrogen and oxygen atoms in total. The van der Waals surface area contributed by atoms with Crippen LogP contribution in [0.5, 0.6) is 5.88 Å². The third kappa shape index (κ3) is 3.86. The van der Waals surface area contributed by atoms with Crippen molar-refractivity contribution in [2.45, 2.75) is 38.3 Å². The number of morpholine rings is 1. The molecule has 6 rings (SSSR count). The summed E-state index contributed by atoms with van der Waals surface area (Å²) in [5.74, 6) is 1.23. The molecule has 0 bridgehead atoms. The van der Waals surface area contributed by atoms with Gasteiger partial charge in [-0.1, -0.05) is 6.07 Å². The Bertz CT molecular complexity index is 1370. The van der Waals surface area contributed by atoms with Gasteiger partial charge < -0.3 is 24.1 Å². The molecule has 1 N–H and O–H groups in total. The van der Waals surface area contributed by atoms with E-state index >= 15 is 0 Å². The van der Waals surface area contributed by atoms with Crippen LogP contribution in [-0.2, 0) is 9.53 Å². The van der Waals surface area contributed by atoms with Crippen molar-refractivity contribution in [1.29, 1.82) is 0 Å². The van der Waals surface area contributed by atoms with Crippen molar-refractivity contribution in [3.63, 3.8) is 0 Å². The highest BCUT2D eigenvalue weighted by Crippen LogP contribution is 2.35. The number of hydrogen-bond donors (Lipinski definition) is 1. The summed E-state index contributed by atoms with van der Waals surface area (Å²) in [4.78, 5) is 18.3. The van der Waals surface area contributed by atoms with Crippen LogP contribution in [0.3, 0.4) is 0 Å². The Kier molecular flexibility index (Phi) is 4.95. The number of benzene rings is 1. The number of anilines is 1. The molecule has 2 saturated heterocycles. The highest BCUT2D eigenvalue weighted by Gasteiger charge is 2.29. The van der Waals surface area contributed by atoms with Crippen molar-refractivity contribution >= 4 is 28.2 Å². The maximum absolute atomic E-state index is 11.4. The normalized spacial score (nSPS) is 20.2. The summed E-state index contributed by atoms with van der Waals surface area (Å²) in [7, 11) is 0. The zero-order chi connectivity index (χ0) is 23.3. The number of fused-ring (bicyclic) bond motifs is 2. The van der Waals surface area contributed by atoms with E-state index < -0.39 is 0 Å². The zero-order valence-electron chi connectivity index (χ0n) is 19.3. The van der Waals surface area contributed by atoms with Gasteiger partial charge in [-0.15, -0.1) is 5.10 Å². The van der Waals surface area contributed by atoms with Crippen LogP contribution in [0.1, 0.15) is 26.7 Å². The Morgan fingerprint density at radius 3 is 3.00 bits per heavy atom. The molecule has 0 unspecified atom stereocenters. The summed E-state index contributed by atoms with van der Waals surface area (Å²) in [6, 6.07) is 11.9. The van der Waals surface area contributed by atoms with E-state index in [0.717, 1.165) is 41.9 Å². The predicted molar refractivity (Wildman–Crippen MR) is 127 cm³/mol. The van der Waals surface area contributed by atoms with Crippen molar-refractivity contribution in [3.8, 4) is 17.3 Å². The third-order valence-electron chi connectivity index (χ3n) is 6.41. The summed E-state index contributed by atoms with van der Waals surface area (Å²) < 4.78 is 19.7. The fraction of sp³-hybridized carbons (Fsp3) is 0.400. The Morgan fingerprint density at radius 2 is 2.18 bits per heavy atom. The molecule has 176 valence electrons. The lowest BCUT2D eigenvalue weighted by Crippen LogP contribution is -2.48. The molecule has 1 atom stereocenters. The van der Waals surface area contributed by atoms with Crippen LogP contribution in [0.2, 0.25) is 0 Å². The summed E-state index contributed by atoms with van der Waals surface area (Å²) in [5, 5.41) is 8.58. The minimum absolute atomic E-state index is 0.0196. The van der Waals surface area contributed by atoms with Crippen molar-refractivity contribution in [1.82, 2.24) is 19.9 Å². The van der Waals surface area contributed by atoms with Gasteiger partial charge in [0.05, 0.1) is 24.4 Å². The molecule has 1 amide bonds. The molecule has 0 spiro atoms. The fourth-order valence-electron chi connectivity index (χ4n) is 4.76. The topological polar surface area (TPSA) is 94.1 Å². The third-order valence-corrected chi connectivity index (χ3v) is 6.41. The Labute approximate surface area is 196 Å². The van der Waals surface area contributed by atoms with Crippen LogP contribution < -0.4 is 15.0 Å². The second-order valence-corrected chi connectivity index (χ2v) is 9.53. The average Bonchev–Trinajstić information content (AvgIpc) is 3.54. The van der Waals surface area contributed by atoms with Gasteiger partial charge in [-0.3, -0.25) is 4.79 Å². The smallest absolute Gasteiger partial charge is 0.231 e. The standard InChI is InChI=1S/C25H27N5O4/c1-25(2)15-29(10-11-33-25)18-4-3-5-20-17(18)12-21(34-20)19-13-26-22-7-9-24(28-30(19)22)32-14-16-6-8-23(31)27-16/h3-5,7,9,12-13,16H,6,8,10-11,14-15H2,1-2H3,(H,27,31)/t16-/m1/s1. The van der Waals surface area contributed by atoms with E-state index in [1.165, 1.54) is 0 Å². The summed E-state index contributed by atoms with van der Waals surface area (Å²) in [6.45, 7) is 6.96. The van der Waals surface area contributed by atoms with Gasteiger partial charge in [0.2, 0.25) is 11.8 Å². The predicted octanol–water partition coefficient (Wildman–Crippen LogP) is 3.42. The van der Waals surface area contributed by atoms with Gasteiger partial charge in [0.25, 0.3) is 0 Å². The van der Waals surface area contributed by atoms with Crippen LogP contribution in [-0.4, -0.2) is 58.5 Å². The first-order valence-corrected chi connectivity index (χ1v) is 11.6. The number of carbonyl (C=O) groups is 1. The molecule has 2 fully saturated rings. The highest BCUT2D eigenvalue weighted by molar-refractivity contribution is 5.94. The number of nitrogens with zero attached hydrogens (tertiary/aromatic N) is 4. The van der Waals surface area contributed by atoms with E-state index in [1.807, 2.05) is 18.2 Å². The number of amides is 1. The summed E-state index contributed by atoms with van der Waals surface area (Å²) in [6.07, 6.45) is 3.08. The van der Waals surface area contributed by atoms with Crippen LogP contribution >= 0.6 is 0 Å². The van der Waals surface area contributed by atoms with Gasteiger partial charge in [0, 0.05) is 36.7 Å². The first-order chi connectivity index (χ1) is 16.4. The molecule has 0 aliphatic carbocycles. The number of furan rings is 1. The molecular formula is C25H27N5O4. The number of nitrogens with one attached hydrogen (secondary N) is 1. The molecule has 2 aliphatic rings. The van der Waals surface area contributed by atoms with Crippen LogP contribution in [0, 0.1) is 0 Å². The molecule has 5 heterocycles. The zero-order valence-corrected chi connectivity index (χ0v) is 19.3. The van der Waals surface area contributed by atoms with E-state index in [2.05, 4.69) is 46.3 Å². The van der Waals surface area contributed by atoms with E-state index in [4.69, 9.17) is 13.9 Å². The Hall–Kier alpha value is -3.59. The molecule has 1 aromatic carbocycles. The second-order valence-electron chi connectivity index (χ2n) is 9.53. The number of imidazole rings is 1. The first-order valence-electron chi connectivity index (χ1n) is 11.6. The monoisotopic (exact) mass is 461 g/mol. The van der Waals surface area contributed by atoms with Crippen molar-refractivity contribution in [2.75, 3.05) is 31.2 Å². The van der Waals surface area contributed by atoms with Crippen LogP contribution in [0.25, 0.3) is 28.1 Å². The molecule has 3 aromatic heterocycles. The molecular weight excluding hydrogens is 434 g/mol. The molecule has 0 radical (unpaired) electrons. The van der Waals surface area contributed by atoms with Crippen molar-refractivity contribution in [2.24, 2.45) is 0 Å². The van der Waals surface area contributed by atoms with Gasteiger partial charge in [-0.25, -0.2) is 9.50 Å². The number of ether oxygens (including phenoxy) is 2. The molecule has 0 saturated carbocycles. The maximum Gasteiger partial charge on any atom is 0.231 e. The van der Waals surface area contributed by atoms with Gasteiger partial charge in [0.15, 0.2) is 11.4 Å². The van der Waals surface area contributed by atoms with E-state index in [0.29, 0.717) is 36.9 Å². The number of aromatic nitrogens is 3. The van der Waals surface area contributed by atoms with Gasteiger partial charge in [-0.2, -0.15) is 0 Å². The van der Waals surface area contributed by atoms with E-state index in [-0.39, 0.29) is 17.6 Å². The largest absolute Gasteiger partial charge is 0.474 e. The van der Waals surface area contributed by atoms with Crippen LogP contribution in [0.4, 0.5) is 5.69 Å². The number of hydrogen-bond acceptors (Lipinski definition) is 7. The minimum atomic E-state index is -0.198. The molecule has 34 heavy (non-hydrogen) atoms. The minimum Gasteiger partial charge on any atom is -0.474 e.